The standard InChI is InChI=1S/C13H23N3OS/c1-11(2)15(3)12(17)9-16-7-5-13(10-14,18-4)6-8-16/h11H,5-9H2,1-4H3. The Kier molecular flexibility index (Phi) is 5.48. The van der Waals surface area contributed by atoms with Crippen LogP contribution in [0.4, 0.5) is 0 Å². The largest absolute Gasteiger partial charge is 0.342 e. The third kappa shape index (κ3) is 3.63. The second-order valence-electron chi connectivity index (χ2n) is 5.18. The number of likely N-dealkylation sites (tertiary alicyclic amines) is 1. The van der Waals surface area contributed by atoms with Crippen LogP contribution >= 0.6 is 11.8 Å². The van der Waals surface area contributed by atoms with Crippen LogP contribution in [0.5, 0.6) is 0 Å². The number of piperidine rings is 1. The molecule has 1 amide bonds. The number of nitrogens with zero attached hydrogens (tertiary/aromatic N) is 3. The molecule has 1 aliphatic rings. The van der Waals surface area contributed by atoms with E-state index in [1.54, 1.807) is 16.7 Å². The lowest BCUT2D eigenvalue weighted by Crippen LogP contribution is -2.47. The van der Waals surface area contributed by atoms with Gasteiger partial charge >= 0.3 is 0 Å². The maximum Gasteiger partial charge on any atom is 0.236 e. The molecule has 0 N–H and O–H groups in total. The first-order chi connectivity index (χ1) is 8.44. The number of amides is 1. The Morgan fingerprint density at radius 3 is 2.44 bits per heavy atom. The lowest BCUT2D eigenvalue weighted by molar-refractivity contribution is -0.132. The van der Waals surface area contributed by atoms with Gasteiger partial charge in [0.1, 0.15) is 4.75 Å². The fourth-order valence-corrected chi connectivity index (χ4v) is 2.71. The molecule has 1 heterocycles. The predicted molar refractivity (Wildman–Crippen MR) is 75.4 cm³/mol. The van der Waals surface area contributed by atoms with Gasteiger partial charge < -0.3 is 4.90 Å². The molecular formula is C13H23N3OS. The van der Waals surface area contributed by atoms with E-state index in [1.165, 1.54) is 0 Å². The molecule has 0 unspecified atom stereocenters. The number of carbonyl (C=O) groups excluding carboxylic acids is 1. The van der Waals surface area contributed by atoms with Crippen LogP contribution in [0.1, 0.15) is 26.7 Å². The Labute approximate surface area is 114 Å². The molecule has 0 bridgehead atoms. The van der Waals surface area contributed by atoms with Crippen molar-refractivity contribution in [3.05, 3.63) is 0 Å². The first-order valence-electron chi connectivity index (χ1n) is 6.38. The van der Waals surface area contributed by atoms with Gasteiger partial charge in [-0.05, 0) is 32.9 Å². The predicted octanol–water partition coefficient (Wildman–Crippen LogP) is 1.57. The van der Waals surface area contributed by atoms with Crippen LogP contribution in [0.15, 0.2) is 0 Å². The zero-order valence-electron chi connectivity index (χ0n) is 11.8. The fraction of sp³-hybridized carbons (Fsp3) is 0.846. The molecule has 0 saturated carbocycles. The monoisotopic (exact) mass is 269 g/mol. The maximum absolute atomic E-state index is 12.0. The van der Waals surface area contributed by atoms with E-state index in [9.17, 15) is 10.1 Å². The molecule has 0 aromatic rings. The molecule has 0 atom stereocenters. The highest BCUT2D eigenvalue weighted by Gasteiger charge is 2.34. The van der Waals surface area contributed by atoms with Crippen molar-refractivity contribution < 1.29 is 4.79 Å². The van der Waals surface area contributed by atoms with Gasteiger partial charge in [0.25, 0.3) is 0 Å². The van der Waals surface area contributed by atoms with Gasteiger partial charge in [0.15, 0.2) is 0 Å². The topological polar surface area (TPSA) is 47.3 Å². The quantitative estimate of drug-likeness (QED) is 0.777. The van der Waals surface area contributed by atoms with Crippen molar-refractivity contribution in [1.29, 1.82) is 5.26 Å². The Balaban J connectivity index is 2.45. The summed E-state index contributed by atoms with van der Waals surface area (Å²) in [5.74, 6) is 0.165. The molecule has 0 aliphatic carbocycles. The van der Waals surface area contributed by atoms with Crippen LogP contribution in [-0.4, -0.2) is 59.4 Å². The smallest absolute Gasteiger partial charge is 0.236 e. The lowest BCUT2D eigenvalue weighted by atomic mass is 9.97. The summed E-state index contributed by atoms with van der Waals surface area (Å²) in [6.45, 7) is 6.19. The minimum Gasteiger partial charge on any atom is -0.342 e. The van der Waals surface area contributed by atoms with Gasteiger partial charge in [0.05, 0.1) is 12.6 Å². The molecule has 0 radical (unpaired) electrons. The number of hydrogen-bond donors (Lipinski definition) is 0. The normalized spacial score (nSPS) is 19.6. The van der Waals surface area contributed by atoms with Crippen LogP contribution in [0.25, 0.3) is 0 Å². The van der Waals surface area contributed by atoms with E-state index in [0.29, 0.717) is 6.54 Å². The van der Waals surface area contributed by atoms with Crippen molar-refractivity contribution >= 4 is 17.7 Å². The average Bonchev–Trinajstić information content (AvgIpc) is 2.39. The molecule has 1 rings (SSSR count). The number of hydrogen-bond acceptors (Lipinski definition) is 4. The Morgan fingerprint density at radius 1 is 1.50 bits per heavy atom. The summed E-state index contributed by atoms with van der Waals surface area (Å²) in [6, 6.07) is 2.67. The lowest BCUT2D eigenvalue weighted by Gasteiger charge is -2.36. The van der Waals surface area contributed by atoms with Gasteiger partial charge in [-0.15, -0.1) is 11.8 Å². The molecular weight excluding hydrogens is 246 g/mol. The van der Waals surface area contributed by atoms with Gasteiger partial charge in [-0.25, -0.2) is 0 Å². The summed E-state index contributed by atoms with van der Waals surface area (Å²) in [4.78, 5) is 15.9. The van der Waals surface area contributed by atoms with E-state index in [1.807, 2.05) is 27.2 Å². The number of thioether (sulfide) groups is 1. The minimum absolute atomic E-state index is 0.165. The fourth-order valence-electron chi connectivity index (χ4n) is 2.02. The summed E-state index contributed by atoms with van der Waals surface area (Å²) >= 11 is 1.64. The second kappa shape index (κ2) is 6.44. The molecule has 1 aliphatic heterocycles. The minimum atomic E-state index is -0.233. The molecule has 18 heavy (non-hydrogen) atoms. The van der Waals surface area contributed by atoms with Gasteiger partial charge in [-0.1, -0.05) is 0 Å². The van der Waals surface area contributed by atoms with Crippen molar-refractivity contribution in [1.82, 2.24) is 9.80 Å². The summed E-state index contributed by atoms with van der Waals surface area (Å²) in [7, 11) is 1.85. The highest BCUT2D eigenvalue weighted by atomic mass is 32.2. The third-order valence-corrected chi connectivity index (χ3v) is 5.07. The van der Waals surface area contributed by atoms with Gasteiger partial charge in [-0.3, -0.25) is 9.69 Å². The summed E-state index contributed by atoms with van der Waals surface area (Å²) < 4.78 is -0.233. The van der Waals surface area contributed by atoms with Crippen LogP contribution in [0, 0.1) is 11.3 Å². The number of nitriles is 1. The van der Waals surface area contributed by atoms with E-state index < -0.39 is 0 Å². The summed E-state index contributed by atoms with van der Waals surface area (Å²) in [5.41, 5.74) is 0. The molecule has 102 valence electrons. The van der Waals surface area contributed by atoms with Crippen molar-refractivity contribution in [3.63, 3.8) is 0 Å². The van der Waals surface area contributed by atoms with Crippen molar-refractivity contribution in [2.75, 3.05) is 32.9 Å². The maximum atomic E-state index is 12.0. The van der Waals surface area contributed by atoms with E-state index >= 15 is 0 Å². The van der Waals surface area contributed by atoms with Gasteiger partial charge in [0.2, 0.25) is 5.91 Å². The Hall–Kier alpha value is -0.730. The van der Waals surface area contributed by atoms with E-state index in [0.717, 1.165) is 25.9 Å². The van der Waals surface area contributed by atoms with E-state index in [2.05, 4.69) is 11.0 Å². The molecule has 0 aromatic heterocycles. The average molecular weight is 269 g/mol. The van der Waals surface area contributed by atoms with E-state index in [4.69, 9.17) is 0 Å². The first-order valence-corrected chi connectivity index (χ1v) is 7.61. The molecule has 0 spiro atoms. The zero-order chi connectivity index (χ0) is 13.8. The Bertz CT molecular complexity index is 330. The zero-order valence-corrected chi connectivity index (χ0v) is 12.6. The van der Waals surface area contributed by atoms with Crippen LogP contribution in [0.2, 0.25) is 0 Å². The highest BCUT2D eigenvalue weighted by molar-refractivity contribution is 8.00. The van der Waals surface area contributed by atoms with Crippen LogP contribution in [-0.2, 0) is 4.79 Å². The van der Waals surface area contributed by atoms with Crippen LogP contribution in [0.3, 0.4) is 0 Å². The number of carbonyl (C=O) groups is 1. The SMILES string of the molecule is CSC1(C#N)CCN(CC(=O)N(C)C(C)C)CC1. The van der Waals surface area contributed by atoms with Crippen molar-refractivity contribution in [3.8, 4) is 6.07 Å². The third-order valence-electron chi connectivity index (χ3n) is 3.79. The number of rotatable bonds is 4. The first kappa shape index (κ1) is 15.3. The van der Waals surface area contributed by atoms with Crippen molar-refractivity contribution in [2.45, 2.75) is 37.5 Å². The molecule has 1 fully saturated rings. The molecule has 4 nitrogen and oxygen atoms in total. The molecule has 1 saturated heterocycles. The number of likely N-dealkylation sites (N-methyl/N-ethyl adjacent to an activating group) is 1. The van der Waals surface area contributed by atoms with Crippen LogP contribution < -0.4 is 0 Å². The Morgan fingerprint density at radius 2 is 2.06 bits per heavy atom. The highest BCUT2D eigenvalue weighted by Crippen LogP contribution is 2.33. The van der Waals surface area contributed by atoms with Gasteiger partial charge in [0, 0.05) is 26.2 Å². The summed E-state index contributed by atoms with van der Waals surface area (Å²) in [6.07, 6.45) is 3.70. The molecule has 0 aromatic carbocycles. The summed E-state index contributed by atoms with van der Waals surface area (Å²) in [5, 5.41) is 9.21. The van der Waals surface area contributed by atoms with Gasteiger partial charge in [-0.2, -0.15) is 5.26 Å². The van der Waals surface area contributed by atoms with Crippen molar-refractivity contribution in [2.24, 2.45) is 0 Å². The second-order valence-corrected chi connectivity index (χ2v) is 6.37. The molecule has 5 heteroatoms. The van der Waals surface area contributed by atoms with E-state index in [-0.39, 0.29) is 16.7 Å².